The molecule has 1 aromatic rings. The summed E-state index contributed by atoms with van der Waals surface area (Å²) < 4.78 is 0. The van der Waals surface area contributed by atoms with Gasteiger partial charge in [-0.3, -0.25) is 10.1 Å². The largest absolute Gasteiger partial charge is 0.385 e. The molecule has 0 amide bonds. The minimum absolute atomic E-state index is 0.189. The second-order valence-electron chi connectivity index (χ2n) is 5.24. The van der Waals surface area contributed by atoms with Crippen molar-refractivity contribution < 1.29 is 4.92 Å². The maximum atomic E-state index is 10.9. The van der Waals surface area contributed by atoms with Crippen LogP contribution in [0.4, 0.5) is 11.4 Å². The van der Waals surface area contributed by atoms with Gasteiger partial charge in [0.05, 0.1) is 4.92 Å². The third kappa shape index (κ3) is 4.13. The van der Waals surface area contributed by atoms with E-state index in [0.717, 1.165) is 35.2 Å². The predicted octanol–water partition coefficient (Wildman–Crippen LogP) is 4.59. The van der Waals surface area contributed by atoms with Crippen molar-refractivity contribution in [3.63, 3.8) is 0 Å². The van der Waals surface area contributed by atoms with E-state index >= 15 is 0 Å². The van der Waals surface area contributed by atoms with Gasteiger partial charge in [0.2, 0.25) is 0 Å². The number of hydrogen-bond donors (Lipinski definition) is 1. The van der Waals surface area contributed by atoms with Crippen LogP contribution in [-0.4, -0.2) is 16.7 Å². The molecule has 1 aliphatic carbocycles. The zero-order valence-corrected chi connectivity index (χ0v) is 12.7. The van der Waals surface area contributed by atoms with Crippen molar-refractivity contribution in [3.8, 4) is 0 Å². The smallest absolute Gasteiger partial charge is 0.269 e. The molecule has 0 bridgehead atoms. The Morgan fingerprint density at radius 1 is 1.40 bits per heavy atom. The molecule has 0 heterocycles. The molecule has 1 N–H and O–H groups in total. The van der Waals surface area contributed by atoms with E-state index in [9.17, 15) is 10.1 Å². The number of anilines is 1. The van der Waals surface area contributed by atoms with Gasteiger partial charge >= 0.3 is 0 Å². The van der Waals surface area contributed by atoms with Gasteiger partial charge in [0.15, 0.2) is 0 Å². The van der Waals surface area contributed by atoms with Crippen LogP contribution in [0.3, 0.4) is 0 Å². The quantitative estimate of drug-likeness (QED) is 0.590. The standard InChI is InChI=1S/C15H22N2O2S/c1-2-9-16-15-8-7-13(17(18)19)10-12(15)11-20-14-5-3-4-6-14/h7-8,10,14,16H,2-6,9,11H2,1H3. The Bertz CT molecular complexity index is 459. The summed E-state index contributed by atoms with van der Waals surface area (Å²) in [6.07, 6.45) is 6.28. The van der Waals surface area contributed by atoms with Gasteiger partial charge in [-0.05, 0) is 30.9 Å². The number of rotatable bonds is 7. The highest BCUT2D eigenvalue weighted by atomic mass is 32.2. The molecule has 1 aliphatic rings. The van der Waals surface area contributed by atoms with Crippen LogP contribution in [0.5, 0.6) is 0 Å². The first-order chi connectivity index (χ1) is 9.70. The highest BCUT2D eigenvalue weighted by Gasteiger charge is 2.17. The Labute approximate surface area is 124 Å². The number of benzene rings is 1. The van der Waals surface area contributed by atoms with Crippen LogP contribution in [0, 0.1) is 10.1 Å². The van der Waals surface area contributed by atoms with E-state index < -0.39 is 0 Å². The van der Waals surface area contributed by atoms with Crippen LogP contribution < -0.4 is 5.32 Å². The van der Waals surface area contributed by atoms with E-state index in [1.165, 1.54) is 25.7 Å². The Morgan fingerprint density at radius 3 is 2.80 bits per heavy atom. The van der Waals surface area contributed by atoms with Crippen molar-refractivity contribution in [1.82, 2.24) is 0 Å². The van der Waals surface area contributed by atoms with Crippen LogP contribution >= 0.6 is 11.8 Å². The molecule has 1 aromatic carbocycles. The van der Waals surface area contributed by atoms with Crippen LogP contribution in [0.1, 0.15) is 44.6 Å². The normalized spacial score (nSPS) is 15.4. The summed E-state index contributed by atoms with van der Waals surface area (Å²) in [7, 11) is 0. The van der Waals surface area contributed by atoms with E-state index in [0.29, 0.717) is 0 Å². The van der Waals surface area contributed by atoms with Gasteiger partial charge in [0.1, 0.15) is 0 Å². The number of non-ortho nitro benzene ring substituents is 1. The maximum absolute atomic E-state index is 10.9. The second-order valence-corrected chi connectivity index (χ2v) is 6.53. The van der Waals surface area contributed by atoms with Gasteiger partial charge in [-0.1, -0.05) is 19.8 Å². The number of nitro groups is 1. The maximum Gasteiger partial charge on any atom is 0.269 e. The van der Waals surface area contributed by atoms with Crippen LogP contribution in [-0.2, 0) is 5.75 Å². The van der Waals surface area contributed by atoms with Crippen LogP contribution in [0.15, 0.2) is 18.2 Å². The number of nitrogens with one attached hydrogen (secondary N) is 1. The van der Waals surface area contributed by atoms with Crippen molar-refractivity contribution in [2.24, 2.45) is 0 Å². The minimum atomic E-state index is -0.312. The molecule has 1 fully saturated rings. The van der Waals surface area contributed by atoms with E-state index in [1.807, 2.05) is 17.8 Å². The zero-order valence-electron chi connectivity index (χ0n) is 11.9. The monoisotopic (exact) mass is 294 g/mol. The molecular weight excluding hydrogens is 272 g/mol. The fraction of sp³-hybridized carbons (Fsp3) is 0.600. The van der Waals surface area contributed by atoms with Crippen molar-refractivity contribution in [2.75, 3.05) is 11.9 Å². The number of nitrogens with zero attached hydrogens (tertiary/aromatic N) is 1. The summed E-state index contributed by atoms with van der Waals surface area (Å²) in [5.41, 5.74) is 2.29. The van der Waals surface area contributed by atoms with Gasteiger partial charge in [-0.15, -0.1) is 0 Å². The second kappa shape index (κ2) is 7.53. The Morgan fingerprint density at radius 2 is 2.15 bits per heavy atom. The molecular formula is C15H22N2O2S. The zero-order chi connectivity index (χ0) is 14.4. The van der Waals surface area contributed by atoms with Crippen molar-refractivity contribution >= 4 is 23.1 Å². The molecule has 5 heteroatoms. The lowest BCUT2D eigenvalue weighted by atomic mass is 10.1. The molecule has 0 saturated heterocycles. The van der Waals surface area contributed by atoms with Crippen molar-refractivity contribution in [1.29, 1.82) is 0 Å². The lowest BCUT2D eigenvalue weighted by molar-refractivity contribution is -0.384. The lowest BCUT2D eigenvalue weighted by Gasteiger charge is -2.13. The van der Waals surface area contributed by atoms with E-state index in [4.69, 9.17) is 0 Å². The fourth-order valence-corrected chi connectivity index (χ4v) is 3.83. The summed E-state index contributed by atoms with van der Waals surface area (Å²) in [4.78, 5) is 10.6. The molecule has 4 nitrogen and oxygen atoms in total. The average Bonchev–Trinajstić information content (AvgIpc) is 2.96. The summed E-state index contributed by atoms with van der Waals surface area (Å²) in [6.45, 7) is 3.02. The highest BCUT2D eigenvalue weighted by molar-refractivity contribution is 7.99. The molecule has 20 heavy (non-hydrogen) atoms. The summed E-state index contributed by atoms with van der Waals surface area (Å²) >= 11 is 1.94. The Balaban J connectivity index is 2.07. The molecule has 0 spiro atoms. The SMILES string of the molecule is CCCNc1ccc([N+](=O)[O-])cc1CSC1CCCC1. The van der Waals surface area contributed by atoms with Crippen LogP contribution in [0.2, 0.25) is 0 Å². The van der Waals surface area contributed by atoms with Gasteiger partial charge in [-0.2, -0.15) is 11.8 Å². The first-order valence-electron chi connectivity index (χ1n) is 7.33. The molecule has 0 radical (unpaired) electrons. The summed E-state index contributed by atoms with van der Waals surface area (Å²) in [5.74, 6) is 0.860. The number of nitro benzene ring substituents is 1. The average molecular weight is 294 g/mol. The molecule has 1 saturated carbocycles. The van der Waals surface area contributed by atoms with Crippen LogP contribution in [0.25, 0.3) is 0 Å². The first-order valence-corrected chi connectivity index (χ1v) is 8.38. The van der Waals surface area contributed by atoms with Gasteiger partial charge in [0, 0.05) is 35.4 Å². The Hall–Kier alpha value is -1.23. The van der Waals surface area contributed by atoms with Gasteiger partial charge in [-0.25, -0.2) is 0 Å². The van der Waals surface area contributed by atoms with E-state index in [-0.39, 0.29) is 10.6 Å². The van der Waals surface area contributed by atoms with Gasteiger partial charge < -0.3 is 5.32 Å². The Kier molecular flexibility index (Phi) is 5.71. The molecule has 0 unspecified atom stereocenters. The molecule has 2 rings (SSSR count). The topological polar surface area (TPSA) is 55.2 Å². The summed E-state index contributed by atoms with van der Waals surface area (Å²) in [6, 6.07) is 5.15. The third-order valence-corrected chi connectivity index (χ3v) is 5.06. The lowest BCUT2D eigenvalue weighted by Crippen LogP contribution is -2.04. The highest BCUT2D eigenvalue weighted by Crippen LogP contribution is 2.34. The molecule has 0 atom stereocenters. The minimum Gasteiger partial charge on any atom is -0.385 e. The van der Waals surface area contributed by atoms with Crippen molar-refractivity contribution in [3.05, 3.63) is 33.9 Å². The third-order valence-electron chi connectivity index (χ3n) is 3.64. The number of thioether (sulfide) groups is 1. The van der Waals surface area contributed by atoms with E-state index in [2.05, 4.69) is 12.2 Å². The molecule has 0 aliphatic heterocycles. The molecule has 0 aromatic heterocycles. The molecule has 110 valence electrons. The van der Waals surface area contributed by atoms with Gasteiger partial charge in [0.25, 0.3) is 5.69 Å². The predicted molar refractivity (Wildman–Crippen MR) is 85.4 cm³/mol. The van der Waals surface area contributed by atoms with E-state index in [1.54, 1.807) is 12.1 Å². The summed E-state index contributed by atoms with van der Waals surface area (Å²) in [5, 5.41) is 15.0. The fourth-order valence-electron chi connectivity index (χ4n) is 2.51. The van der Waals surface area contributed by atoms with Crippen molar-refractivity contribution in [2.45, 2.75) is 50.0 Å². The number of hydrogen-bond acceptors (Lipinski definition) is 4. The first kappa shape index (κ1) is 15.2.